The van der Waals surface area contributed by atoms with Crippen LogP contribution in [0.3, 0.4) is 0 Å². The lowest BCUT2D eigenvalue weighted by molar-refractivity contribution is 0.145. The van der Waals surface area contributed by atoms with Crippen molar-refractivity contribution in [1.29, 1.82) is 0 Å². The fourth-order valence-electron chi connectivity index (χ4n) is 1.70. The van der Waals surface area contributed by atoms with Crippen molar-refractivity contribution in [2.75, 3.05) is 39.9 Å². The van der Waals surface area contributed by atoms with Gasteiger partial charge in [0.15, 0.2) is 5.96 Å². The van der Waals surface area contributed by atoms with Crippen LogP contribution in [0.25, 0.3) is 0 Å². The topological polar surface area (TPSA) is 105 Å². The van der Waals surface area contributed by atoms with Crippen LogP contribution < -0.4 is 15.4 Å². The van der Waals surface area contributed by atoms with Crippen molar-refractivity contribution >= 4 is 40.0 Å². The van der Waals surface area contributed by atoms with E-state index < -0.39 is 10.0 Å². The van der Waals surface area contributed by atoms with Crippen molar-refractivity contribution in [2.24, 2.45) is 4.99 Å². The second-order valence-electron chi connectivity index (χ2n) is 4.56. The molecule has 0 fully saturated rings. The number of aromatic nitrogens is 1. The molecule has 24 heavy (non-hydrogen) atoms. The third kappa shape index (κ3) is 9.35. The molecule has 1 aromatic rings. The van der Waals surface area contributed by atoms with Crippen LogP contribution in [-0.2, 0) is 14.8 Å². The number of ether oxygens (including phenoxy) is 1. The number of hydrogen-bond acceptors (Lipinski definition) is 5. The molecule has 1 heterocycles. The van der Waals surface area contributed by atoms with Crippen LogP contribution in [-0.4, -0.2) is 59.3 Å². The molecule has 0 aliphatic heterocycles. The summed E-state index contributed by atoms with van der Waals surface area (Å²) >= 11 is 0. The molecule has 10 heteroatoms. The van der Waals surface area contributed by atoms with Crippen molar-refractivity contribution in [3.8, 4) is 0 Å². The molecular formula is C14H26IN5O3S. The standard InChI is InChI=1S/C14H25N5O3S.HI/c1-3-22-11-5-8-17-14(15-2)18-9-10-19-23(20,21)13-6-4-7-16-12-13;/h4,6-7,12,19H,3,5,8-11H2,1-2H3,(H2,15,17,18);1H. The molecule has 0 radical (unpaired) electrons. The van der Waals surface area contributed by atoms with Gasteiger partial charge in [-0.15, -0.1) is 24.0 Å². The molecule has 0 spiro atoms. The van der Waals surface area contributed by atoms with Gasteiger partial charge in [0.05, 0.1) is 0 Å². The second kappa shape index (κ2) is 13.3. The molecule has 0 aliphatic carbocycles. The number of hydrogen-bond donors (Lipinski definition) is 3. The monoisotopic (exact) mass is 471 g/mol. The fourth-order valence-corrected chi connectivity index (χ4v) is 2.70. The summed E-state index contributed by atoms with van der Waals surface area (Å²) in [6.07, 6.45) is 3.72. The summed E-state index contributed by atoms with van der Waals surface area (Å²) in [6.45, 7) is 4.78. The number of halogens is 1. The lowest BCUT2D eigenvalue weighted by atomic mass is 10.4. The lowest BCUT2D eigenvalue weighted by Gasteiger charge is -2.12. The van der Waals surface area contributed by atoms with Gasteiger partial charge in [0.2, 0.25) is 10.0 Å². The van der Waals surface area contributed by atoms with Crippen molar-refractivity contribution in [2.45, 2.75) is 18.2 Å². The maximum atomic E-state index is 12.0. The lowest BCUT2D eigenvalue weighted by Crippen LogP contribution is -2.42. The number of rotatable bonds is 10. The Labute approximate surface area is 160 Å². The maximum Gasteiger partial charge on any atom is 0.242 e. The van der Waals surface area contributed by atoms with Gasteiger partial charge >= 0.3 is 0 Å². The molecule has 1 aromatic heterocycles. The third-order valence-electron chi connectivity index (χ3n) is 2.84. The Balaban J connectivity index is 0.00000529. The van der Waals surface area contributed by atoms with Crippen LogP contribution in [0.15, 0.2) is 34.4 Å². The first-order valence-corrected chi connectivity index (χ1v) is 9.00. The molecule has 0 saturated heterocycles. The smallest absolute Gasteiger partial charge is 0.242 e. The van der Waals surface area contributed by atoms with Gasteiger partial charge < -0.3 is 15.4 Å². The van der Waals surface area contributed by atoms with Gasteiger partial charge in [0.1, 0.15) is 4.90 Å². The summed E-state index contributed by atoms with van der Waals surface area (Å²) in [7, 11) is -1.86. The highest BCUT2D eigenvalue weighted by Crippen LogP contribution is 2.04. The highest BCUT2D eigenvalue weighted by Gasteiger charge is 2.12. The molecular weight excluding hydrogens is 445 g/mol. The van der Waals surface area contributed by atoms with E-state index in [4.69, 9.17) is 4.74 Å². The number of guanidine groups is 1. The fraction of sp³-hybridized carbons (Fsp3) is 0.571. The van der Waals surface area contributed by atoms with Gasteiger partial charge in [0.25, 0.3) is 0 Å². The van der Waals surface area contributed by atoms with E-state index in [1.54, 1.807) is 13.1 Å². The van der Waals surface area contributed by atoms with Crippen LogP contribution in [0.5, 0.6) is 0 Å². The van der Waals surface area contributed by atoms with E-state index in [9.17, 15) is 8.42 Å². The zero-order valence-electron chi connectivity index (χ0n) is 14.0. The Hall–Kier alpha value is -0.980. The van der Waals surface area contributed by atoms with Gasteiger partial charge in [0, 0.05) is 52.3 Å². The molecule has 0 saturated carbocycles. The molecule has 0 atom stereocenters. The zero-order chi connectivity index (χ0) is 17.0. The summed E-state index contributed by atoms with van der Waals surface area (Å²) < 4.78 is 31.7. The van der Waals surface area contributed by atoms with Gasteiger partial charge in [-0.25, -0.2) is 13.1 Å². The highest BCUT2D eigenvalue weighted by molar-refractivity contribution is 14.0. The van der Waals surface area contributed by atoms with Crippen molar-refractivity contribution < 1.29 is 13.2 Å². The minimum Gasteiger partial charge on any atom is -0.382 e. The number of pyridine rings is 1. The number of aliphatic imine (C=N–C) groups is 1. The predicted octanol–water partition coefficient (Wildman–Crippen LogP) is 0.570. The molecule has 3 N–H and O–H groups in total. The molecule has 0 bridgehead atoms. The number of nitrogens with one attached hydrogen (secondary N) is 3. The van der Waals surface area contributed by atoms with Crippen LogP contribution in [0.1, 0.15) is 13.3 Å². The van der Waals surface area contributed by atoms with Gasteiger partial charge in [-0.2, -0.15) is 0 Å². The quantitative estimate of drug-likeness (QED) is 0.200. The summed E-state index contributed by atoms with van der Waals surface area (Å²) in [4.78, 5) is 8.02. The summed E-state index contributed by atoms with van der Waals surface area (Å²) in [6, 6.07) is 3.09. The zero-order valence-corrected chi connectivity index (χ0v) is 17.1. The minimum absolute atomic E-state index is 0. The van der Waals surface area contributed by atoms with Crippen molar-refractivity contribution in [3.63, 3.8) is 0 Å². The van der Waals surface area contributed by atoms with E-state index in [-0.39, 0.29) is 35.4 Å². The Bertz CT molecular complexity index is 569. The second-order valence-corrected chi connectivity index (χ2v) is 6.33. The molecule has 1 rings (SSSR count). The van der Waals surface area contributed by atoms with Crippen LogP contribution in [0, 0.1) is 0 Å². The average Bonchev–Trinajstić information content (AvgIpc) is 2.57. The molecule has 0 amide bonds. The Morgan fingerprint density at radius 1 is 1.29 bits per heavy atom. The van der Waals surface area contributed by atoms with Gasteiger partial charge in [-0.3, -0.25) is 9.98 Å². The molecule has 138 valence electrons. The largest absolute Gasteiger partial charge is 0.382 e. The summed E-state index contributed by atoms with van der Waals surface area (Å²) in [5, 5.41) is 6.17. The van der Waals surface area contributed by atoms with Crippen molar-refractivity contribution in [3.05, 3.63) is 24.5 Å². The van der Waals surface area contributed by atoms with Crippen LogP contribution >= 0.6 is 24.0 Å². The first-order chi connectivity index (χ1) is 11.1. The Morgan fingerprint density at radius 3 is 2.67 bits per heavy atom. The maximum absolute atomic E-state index is 12.0. The first kappa shape index (κ1) is 23.0. The van der Waals surface area contributed by atoms with Crippen LogP contribution in [0.2, 0.25) is 0 Å². The molecule has 0 unspecified atom stereocenters. The number of nitrogens with zero attached hydrogens (tertiary/aromatic N) is 2. The van der Waals surface area contributed by atoms with Crippen LogP contribution in [0.4, 0.5) is 0 Å². The Kier molecular flexibility index (Phi) is 12.8. The van der Waals surface area contributed by atoms with Crippen molar-refractivity contribution in [1.82, 2.24) is 20.3 Å². The normalized spacial score (nSPS) is 11.7. The van der Waals surface area contributed by atoms with E-state index in [1.165, 1.54) is 18.5 Å². The SMILES string of the molecule is CCOCCCNC(=NC)NCCNS(=O)(=O)c1cccnc1.I. The summed E-state index contributed by atoms with van der Waals surface area (Å²) in [5.74, 6) is 0.627. The third-order valence-corrected chi connectivity index (χ3v) is 4.29. The number of sulfonamides is 1. The van der Waals surface area contributed by atoms with E-state index in [0.717, 1.165) is 13.0 Å². The molecule has 0 aliphatic rings. The summed E-state index contributed by atoms with van der Waals surface area (Å²) in [5.41, 5.74) is 0. The van der Waals surface area contributed by atoms with E-state index >= 15 is 0 Å². The Morgan fingerprint density at radius 2 is 2.04 bits per heavy atom. The van der Waals surface area contributed by atoms with E-state index in [0.29, 0.717) is 25.7 Å². The van der Waals surface area contributed by atoms with Gasteiger partial charge in [-0.05, 0) is 25.5 Å². The average molecular weight is 471 g/mol. The predicted molar refractivity (Wildman–Crippen MR) is 105 cm³/mol. The van der Waals surface area contributed by atoms with E-state index in [1.807, 2.05) is 6.92 Å². The minimum atomic E-state index is -3.52. The highest BCUT2D eigenvalue weighted by atomic mass is 127. The molecule has 8 nitrogen and oxygen atoms in total. The van der Waals surface area contributed by atoms with E-state index in [2.05, 4.69) is 25.3 Å². The molecule has 0 aromatic carbocycles. The van der Waals surface area contributed by atoms with Gasteiger partial charge in [-0.1, -0.05) is 0 Å². The first-order valence-electron chi connectivity index (χ1n) is 7.52.